The normalized spacial score (nSPS) is 16.6. The summed E-state index contributed by atoms with van der Waals surface area (Å²) >= 11 is 1.48. The third-order valence-electron chi connectivity index (χ3n) is 4.65. The Morgan fingerprint density at radius 2 is 2.07 bits per heavy atom. The molecular formula is C23H23NO5S. The van der Waals surface area contributed by atoms with Gasteiger partial charge in [0.25, 0.3) is 0 Å². The molecule has 1 atom stereocenters. The molecule has 0 saturated heterocycles. The minimum absolute atomic E-state index is 0.210. The summed E-state index contributed by atoms with van der Waals surface area (Å²) in [6, 6.07) is 9.28. The number of aliphatic hydroxyl groups excluding tert-OH is 1. The average molecular weight is 426 g/mol. The Kier molecular flexibility index (Phi) is 6.80. The number of rotatable bonds is 4. The lowest BCUT2D eigenvalue weighted by Crippen LogP contribution is -2.31. The number of hydrogen-bond donors (Lipinski definition) is 1. The number of pyridine rings is 1. The number of fused-ring (bicyclic) bond motifs is 1. The summed E-state index contributed by atoms with van der Waals surface area (Å²) in [5, 5.41) is 8.92. The molecule has 1 aromatic carbocycles. The van der Waals surface area contributed by atoms with Crippen LogP contribution >= 0.6 is 11.8 Å². The Labute approximate surface area is 180 Å². The Morgan fingerprint density at radius 1 is 1.27 bits per heavy atom. The first-order chi connectivity index (χ1) is 14.3. The monoisotopic (exact) mass is 425 g/mol. The standard InChI is InChI=1S/C23H23NO5S/c1-4-28-22(27)16-7-9-17(24-13-16)8-5-15-6-10-19-18(11-15)23(2,3)12-21(30-19)29-20(26)14-25/h6-7,9-11,13,21,25H,4,12,14H2,1-3H3. The van der Waals surface area contributed by atoms with Crippen LogP contribution in [-0.4, -0.2) is 40.7 Å². The molecule has 0 amide bonds. The van der Waals surface area contributed by atoms with E-state index in [1.54, 1.807) is 19.1 Å². The van der Waals surface area contributed by atoms with Gasteiger partial charge >= 0.3 is 11.9 Å². The zero-order chi connectivity index (χ0) is 21.7. The molecule has 0 spiro atoms. The van der Waals surface area contributed by atoms with E-state index in [1.165, 1.54) is 18.0 Å². The lowest BCUT2D eigenvalue weighted by Gasteiger charge is -2.36. The van der Waals surface area contributed by atoms with Gasteiger partial charge in [-0.2, -0.15) is 0 Å². The van der Waals surface area contributed by atoms with Crippen LogP contribution < -0.4 is 0 Å². The van der Waals surface area contributed by atoms with E-state index < -0.39 is 18.5 Å². The molecule has 0 radical (unpaired) electrons. The summed E-state index contributed by atoms with van der Waals surface area (Å²) in [6.07, 6.45) is 2.10. The third kappa shape index (κ3) is 5.21. The average Bonchev–Trinajstić information content (AvgIpc) is 2.72. The number of carbonyl (C=O) groups is 2. The maximum Gasteiger partial charge on any atom is 0.339 e. The highest BCUT2D eigenvalue weighted by Crippen LogP contribution is 2.46. The van der Waals surface area contributed by atoms with Crippen molar-refractivity contribution < 1.29 is 24.2 Å². The number of ether oxygens (including phenoxy) is 2. The van der Waals surface area contributed by atoms with E-state index >= 15 is 0 Å². The molecule has 3 rings (SSSR count). The minimum Gasteiger partial charge on any atom is -0.462 e. The van der Waals surface area contributed by atoms with Crippen LogP contribution in [0.25, 0.3) is 0 Å². The van der Waals surface area contributed by atoms with Crippen LogP contribution in [-0.2, 0) is 19.7 Å². The molecule has 6 nitrogen and oxygen atoms in total. The van der Waals surface area contributed by atoms with Gasteiger partial charge in [0.15, 0.2) is 5.44 Å². The molecule has 0 aliphatic carbocycles. The van der Waals surface area contributed by atoms with Crippen molar-refractivity contribution in [3.63, 3.8) is 0 Å². The molecule has 1 unspecified atom stereocenters. The Morgan fingerprint density at radius 3 is 2.73 bits per heavy atom. The molecule has 156 valence electrons. The smallest absolute Gasteiger partial charge is 0.339 e. The van der Waals surface area contributed by atoms with E-state index in [0.29, 0.717) is 24.3 Å². The quantitative estimate of drug-likeness (QED) is 0.594. The van der Waals surface area contributed by atoms with Gasteiger partial charge in [0.2, 0.25) is 0 Å². The summed E-state index contributed by atoms with van der Waals surface area (Å²) in [5.74, 6) is 5.12. The Hall–Kier alpha value is -2.82. The van der Waals surface area contributed by atoms with Crippen LogP contribution in [0.2, 0.25) is 0 Å². The number of benzene rings is 1. The zero-order valence-corrected chi connectivity index (χ0v) is 17.9. The van der Waals surface area contributed by atoms with E-state index in [4.69, 9.17) is 14.6 Å². The van der Waals surface area contributed by atoms with Crippen molar-refractivity contribution in [2.24, 2.45) is 0 Å². The predicted octanol–water partition coefficient (Wildman–Crippen LogP) is 3.29. The van der Waals surface area contributed by atoms with Crippen molar-refractivity contribution in [2.75, 3.05) is 13.2 Å². The minimum atomic E-state index is -0.617. The summed E-state index contributed by atoms with van der Waals surface area (Å²) in [7, 11) is 0. The molecule has 2 heterocycles. The number of thioether (sulfide) groups is 1. The predicted molar refractivity (Wildman–Crippen MR) is 113 cm³/mol. The summed E-state index contributed by atoms with van der Waals surface area (Å²) in [5.41, 5.74) is 2.41. The van der Waals surface area contributed by atoms with Crippen LogP contribution in [0.5, 0.6) is 0 Å². The number of esters is 2. The maximum absolute atomic E-state index is 11.7. The van der Waals surface area contributed by atoms with Crippen molar-refractivity contribution in [3.8, 4) is 11.8 Å². The fraction of sp³-hybridized carbons (Fsp3) is 0.348. The first kappa shape index (κ1) is 21.9. The van der Waals surface area contributed by atoms with Crippen molar-refractivity contribution >= 4 is 23.7 Å². The molecule has 2 aromatic rings. The fourth-order valence-electron chi connectivity index (χ4n) is 3.14. The van der Waals surface area contributed by atoms with Gasteiger partial charge in [-0.05, 0) is 54.2 Å². The molecule has 1 aliphatic rings. The molecule has 1 aliphatic heterocycles. The number of hydrogen-bond acceptors (Lipinski definition) is 7. The third-order valence-corrected chi connectivity index (χ3v) is 5.78. The van der Waals surface area contributed by atoms with E-state index in [9.17, 15) is 9.59 Å². The largest absolute Gasteiger partial charge is 0.462 e. The molecule has 0 saturated carbocycles. The lowest BCUT2D eigenvalue weighted by molar-refractivity contribution is -0.149. The highest BCUT2D eigenvalue weighted by atomic mass is 32.2. The second-order valence-electron chi connectivity index (χ2n) is 7.40. The first-order valence-electron chi connectivity index (χ1n) is 9.59. The van der Waals surface area contributed by atoms with E-state index in [0.717, 1.165) is 16.0 Å². The van der Waals surface area contributed by atoms with Crippen molar-refractivity contribution in [1.29, 1.82) is 0 Å². The Bertz CT molecular complexity index is 1000. The van der Waals surface area contributed by atoms with Gasteiger partial charge < -0.3 is 14.6 Å². The maximum atomic E-state index is 11.7. The van der Waals surface area contributed by atoms with Crippen molar-refractivity contribution in [1.82, 2.24) is 4.98 Å². The first-order valence-corrected chi connectivity index (χ1v) is 10.5. The molecule has 1 N–H and O–H groups in total. The number of nitrogens with zero attached hydrogens (tertiary/aromatic N) is 1. The van der Waals surface area contributed by atoms with Crippen LogP contribution in [0, 0.1) is 11.8 Å². The van der Waals surface area contributed by atoms with Crippen LogP contribution in [0.4, 0.5) is 0 Å². The number of aromatic nitrogens is 1. The van der Waals surface area contributed by atoms with Crippen LogP contribution in [0.1, 0.15) is 54.4 Å². The topological polar surface area (TPSA) is 85.7 Å². The molecule has 7 heteroatoms. The van der Waals surface area contributed by atoms with Crippen LogP contribution in [0.15, 0.2) is 41.4 Å². The fourth-order valence-corrected chi connectivity index (χ4v) is 4.69. The molecular weight excluding hydrogens is 402 g/mol. The van der Waals surface area contributed by atoms with E-state index in [-0.39, 0.29) is 10.9 Å². The van der Waals surface area contributed by atoms with E-state index in [1.807, 2.05) is 18.2 Å². The van der Waals surface area contributed by atoms with E-state index in [2.05, 4.69) is 30.7 Å². The van der Waals surface area contributed by atoms with Gasteiger partial charge in [0, 0.05) is 23.1 Å². The number of aliphatic hydroxyl groups is 1. The molecule has 1 aromatic heterocycles. The molecule has 0 fully saturated rings. The highest BCUT2D eigenvalue weighted by Gasteiger charge is 2.35. The van der Waals surface area contributed by atoms with Gasteiger partial charge in [0.1, 0.15) is 12.3 Å². The summed E-state index contributed by atoms with van der Waals surface area (Å²) in [6.45, 7) is 5.65. The second-order valence-corrected chi connectivity index (χ2v) is 8.60. The second kappa shape index (κ2) is 9.33. The van der Waals surface area contributed by atoms with Gasteiger partial charge in [0.05, 0.1) is 12.2 Å². The van der Waals surface area contributed by atoms with Crippen LogP contribution in [0.3, 0.4) is 0 Å². The lowest BCUT2D eigenvalue weighted by atomic mass is 9.80. The van der Waals surface area contributed by atoms with Gasteiger partial charge in [-0.15, -0.1) is 0 Å². The molecule has 0 bridgehead atoms. The van der Waals surface area contributed by atoms with Gasteiger partial charge in [-0.3, -0.25) is 0 Å². The van der Waals surface area contributed by atoms with Crippen molar-refractivity contribution in [3.05, 3.63) is 58.9 Å². The van der Waals surface area contributed by atoms with Gasteiger partial charge in [-0.1, -0.05) is 31.5 Å². The number of carbonyl (C=O) groups excluding carboxylic acids is 2. The summed E-state index contributed by atoms with van der Waals surface area (Å²) < 4.78 is 10.3. The SMILES string of the molecule is CCOC(=O)c1ccc(C#Cc2ccc3c(c2)C(C)(C)CC(OC(=O)CO)S3)nc1. The zero-order valence-electron chi connectivity index (χ0n) is 17.1. The van der Waals surface area contributed by atoms with Gasteiger partial charge in [-0.25, -0.2) is 14.6 Å². The Balaban J connectivity index is 1.78. The van der Waals surface area contributed by atoms with Crippen molar-refractivity contribution in [2.45, 2.75) is 42.9 Å². The summed E-state index contributed by atoms with van der Waals surface area (Å²) in [4.78, 5) is 28.4. The molecule has 30 heavy (non-hydrogen) atoms. The highest BCUT2D eigenvalue weighted by molar-refractivity contribution is 7.99.